The summed E-state index contributed by atoms with van der Waals surface area (Å²) in [7, 11) is 0. The van der Waals surface area contributed by atoms with Gasteiger partial charge in [0.15, 0.2) is 5.65 Å². The highest BCUT2D eigenvalue weighted by Crippen LogP contribution is 2.38. The van der Waals surface area contributed by atoms with E-state index in [0.29, 0.717) is 28.0 Å². The SMILES string of the molecule is NC(=O)c1cnc2nc[nH]c2c1NC1C[C@@H]2CC[C@@H](C1)N2C(=O)c1ccc(CO)cc1. The van der Waals surface area contributed by atoms with Gasteiger partial charge in [0.25, 0.3) is 11.8 Å². The molecule has 160 valence electrons. The smallest absolute Gasteiger partial charge is 0.254 e. The van der Waals surface area contributed by atoms with Crippen molar-refractivity contribution in [1.29, 1.82) is 0 Å². The van der Waals surface area contributed by atoms with Gasteiger partial charge in [0.2, 0.25) is 0 Å². The monoisotopic (exact) mass is 420 g/mol. The maximum absolute atomic E-state index is 13.2. The van der Waals surface area contributed by atoms with Gasteiger partial charge in [0.1, 0.15) is 5.52 Å². The third-order valence-electron chi connectivity index (χ3n) is 6.42. The first-order valence-corrected chi connectivity index (χ1v) is 10.5. The van der Waals surface area contributed by atoms with E-state index >= 15 is 0 Å². The molecule has 4 heterocycles. The summed E-state index contributed by atoms with van der Waals surface area (Å²) in [4.78, 5) is 38.5. The normalized spacial score (nSPS) is 22.6. The molecule has 2 aromatic heterocycles. The zero-order valence-corrected chi connectivity index (χ0v) is 16.9. The number of pyridine rings is 1. The Morgan fingerprint density at radius 2 is 1.87 bits per heavy atom. The van der Waals surface area contributed by atoms with Crippen molar-refractivity contribution in [2.45, 2.75) is 50.4 Å². The molecule has 2 aliphatic rings. The number of nitrogens with one attached hydrogen (secondary N) is 2. The molecule has 0 unspecified atom stereocenters. The second-order valence-electron chi connectivity index (χ2n) is 8.28. The number of rotatable bonds is 5. The van der Waals surface area contributed by atoms with Crippen LogP contribution in [0.2, 0.25) is 0 Å². The first kappa shape index (κ1) is 19.5. The van der Waals surface area contributed by atoms with Crippen molar-refractivity contribution in [1.82, 2.24) is 19.9 Å². The van der Waals surface area contributed by atoms with Crippen LogP contribution in [0.25, 0.3) is 11.2 Å². The van der Waals surface area contributed by atoms with Gasteiger partial charge in [-0.2, -0.15) is 0 Å². The molecule has 2 atom stereocenters. The summed E-state index contributed by atoms with van der Waals surface area (Å²) in [6.07, 6.45) is 6.49. The van der Waals surface area contributed by atoms with Gasteiger partial charge in [-0.25, -0.2) is 9.97 Å². The minimum absolute atomic E-state index is 0.0353. The maximum atomic E-state index is 13.2. The van der Waals surface area contributed by atoms with E-state index in [0.717, 1.165) is 31.2 Å². The molecular weight excluding hydrogens is 396 g/mol. The number of carbonyl (C=O) groups is 2. The minimum Gasteiger partial charge on any atom is -0.392 e. The molecule has 2 saturated heterocycles. The summed E-state index contributed by atoms with van der Waals surface area (Å²) in [5.74, 6) is -0.512. The van der Waals surface area contributed by atoms with E-state index in [1.165, 1.54) is 6.20 Å². The number of hydrogen-bond acceptors (Lipinski definition) is 6. The highest BCUT2D eigenvalue weighted by Gasteiger charge is 2.43. The fourth-order valence-electron chi connectivity index (χ4n) is 4.96. The molecule has 0 aliphatic carbocycles. The molecule has 5 N–H and O–H groups in total. The van der Waals surface area contributed by atoms with Crippen molar-refractivity contribution in [3.63, 3.8) is 0 Å². The summed E-state index contributed by atoms with van der Waals surface area (Å²) in [5, 5.41) is 12.7. The number of aliphatic hydroxyl groups excluding tert-OH is 1. The van der Waals surface area contributed by atoms with Crippen molar-refractivity contribution < 1.29 is 14.7 Å². The highest BCUT2D eigenvalue weighted by molar-refractivity contribution is 6.04. The standard InChI is InChI=1S/C22H24N6O3/c23-20(30)17-9-24-21-19(25-11-26-21)18(17)27-14-7-15-5-6-16(8-14)28(15)22(31)13-3-1-12(10-29)2-4-13/h1-4,9,11,14-16,29H,5-8,10H2,(H2,23,30)(H2,24,25,26,27)/t15-,16-/m0/s1. The number of aliphatic hydroxyl groups is 1. The number of piperidine rings is 1. The van der Waals surface area contributed by atoms with E-state index in [9.17, 15) is 14.7 Å². The van der Waals surface area contributed by atoms with Crippen LogP contribution in [0.3, 0.4) is 0 Å². The number of primary amides is 1. The number of hydrogen-bond donors (Lipinski definition) is 4. The Hall–Kier alpha value is -3.46. The molecule has 0 saturated carbocycles. The van der Waals surface area contributed by atoms with Crippen LogP contribution in [-0.4, -0.2) is 54.9 Å². The summed E-state index contributed by atoms with van der Waals surface area (Å²) >= 11 is 0. The van der Waals surface area contributed by atoms with Crippen molar-refractivity contribution in [2.75, 3.05) is 5.32 Å². The molecule has 1 aromatic carbocycles. The third-order valence-corrected chi connectivity index (χ3v) is 6.42. The molecule has 2 fully saturated rings. The van der Waals surface area contributed by atoms with E-state index in [2.05, 4.69) is 20.3 Å². The molecule has 9 heteroatoms. The number of nitrogens with zero attached hydrogens (tertiary/aromatic N) is 3. The van der Waals surface area contributed by atoms with Crippen LogP contribution in [0.1, 0.15) is 52.0 Å². The molecule has 0 spiro atoms. The molecule has 31 heavy (non-hydrogen) atoms. The van der Waals surface area contributed by atoms with Crippen LogP contribution in [0, 0.1) is 0 Å². The van der Waals surface area contributed by atoms with Crippen molar-refractivity contribution in [3.05, 3.63) is 53.5 Å². The number of nitrogens with two attached hydrogens (primary N) is 1. The van der Waals surface area contributed by atoms with Gasteiger partial charge in [0.05, 0.1) is 24.2 Å². The van der Waals surface area contributed by atoms with E-state index in [1.807, 2.05) is 4.90 Å². The zero-order valence-electron chi connectivity index (χ0n) is 16.9. The fourth-order valence-corrected chi connectivity index (χ4v) is 4.96. The first-order chi connectivity index (χ1) is 15.0. The van der Waals surface area contributed by atoms with Crippen LogP contribution in [0.4, 0.5) is 5.69 Å². The Morgan fingerprint density at radius 1 is 1.16 bits per heavy atom. The van der Waals surface area contributed by atoms with E-state index < -0.39 is 5.91 Å². The molecule has 2 bridgehead atoms. The Bertz CT molecular complexity index is 1130. The number of carbonyl (C=O) groups excluding carboxylic acids is 2. The van der Waals surface area contributed by atoms with Gasteiger partial charge in [-0.15, -0.1) is 0 Å². The number of anilines is 1. The van der Waals surface area contributed by atoms with E-state index in [4.69, 9.17) is 5.73 Å². The number of amides is 2. The Morgan fingerprint density at radius 3 is 2.52 bits per heavy atom. The first-order valence-electron chi connectivity index (χ1n) is 10.5. The van der Waals surface area contributed by atoms with E-state index in [1.54, 1.807) is 30.6 Å². The molecule has 3 aromatic rings. The van der Waals surface area contributed by atoms with Crippen LogP contribution >= 0.6 is 0 Å². The lowest BCUT2D eigenvalue weighted by Crippen LogP contribution is -2.49. The van der Waals surface area contributed by atoms with Gasteiger partial charge >= 0.3 is 0 Å². The predicted molar refractivity (Wildman–Crippen MR) is 114 cm³/mol. The number of benzene rings is 1. The molecule has 5 rings (SSSR count). The van der Waals surface area contributed by atoms with Crippen molar-refractivity contribution >= 4 is 28.7 Å². The Kier molecular flexibility index (Phi) is 4.82. The minimum atomic E-state index is -0.548. The topological polar surface area (TPSA) is 137 Å². The van der Waals surface area contributed by atoms with Crippen LogP contribution in [-0.2, 0) is 6.61 Å². The van der Waals surface area contributed by atoms with Crippen LogP contribution in [0.5, 0.6) is 0 Å². The molecule has 9 nitrogen and oxygen atoms in total. The lowest BCUT2D eigenvalue weighted by Gasteiger charge is -2.39. The number of fused-ring (bicyclic) bond motifs is 3. The summed E-state index contributed by atoms with van der Waals surface area (Å²) < 4.78 is 0. The molecule has 2 amide bonds. The summed E-state index contributed by atoms with van der Waals surface area (Å²) in [6, 6.07) is 7.51. The second-order valence-corrected chi connectivity index (χ2v) is 8.28. The maximum Gasteiger partial charge on any atom is 0.254 e. The second kappa shape index (κ2) is 7.66. The Labute approximate surface area is 178 Å². The van der Waals surface area contributed by atoms with E-state index in [-0.39, 0.29) is 30.6 Å². The lowest BCUT2D eigenvalue weighted by atomic mass is 9.95. The summed E-state index contributed by atoms with van der Waals surface area (Å²) in [5.41, 5.74) is 9.13. The van der Waals surface area contributed by atoms with Gasteiger partial charge in [-0.3, -0.25) is 9.59 Å². The third kappa shape index (κ3) is 3.40. The van der Waals surface area contributed by atoms with Gasteiger partial charge in [-0.1, -0.05) is 12.1 Å². The predicted octanol–water partition coefficient (Wildman–Crippen LogP) is 1.80. The lowest BCUT2D eigenvalue weighted by molar-refractivity contribution is 0.0583. The number of H-pyrrole nitrogens is 1. The van der Waals surface area contributed by atoms with Crippen LogP contribution < -0.4 is 11.1 Å². The van der Waals surface area contributed by atoms with Gasteiger partial charge in [0, 0.05) is 29.9 Å². The van der Waals surface area contributed by atoms with Gasteiger partial charge < -0.3 is 26.0 Å². The average molecular weight is 420 g/mol. The highest BCUT2D eigenvalue weighted by atomic mass is 16.3. The average Bonchev–Trinajstić information content (AvgIpc) is 3.36. The Balaban J connectivity index is 1.36. The zero-order chi connectivity index (χ0) is 21.5. The largest absolute Gasteiger partial charge is 0.392 e. The van der Waals surface area contributed by atoms with Crippen molar-refractivity contribution in [2.24, 2.45) is 5.73 Å². The molecule has 0 radical (unpaired) electrons. The van der Waals surface area contributed by atoms with Gasteiger partial charge in [-0.05, 0) is 43.4 Å². The molecular formula is C22H24N6O3. The fraction of sp³-hybridized carbons (Fsp3) is 0.364. The quantitative estimate of drug-likeness (QED) is 0.497. The number of aromatic amines is 1. The van der Waals surface area contributed by atoms with Crippen LogP contribution in [0.15, 0.2) is 36.8 Å². The van der Waals surface area contributed by atoms with Crippen molar-refractivity contribution in [3.8, 4) is 0 Å². The molecule has 2 aliphatic heterocycles. The summed E-state index contributed by atoms with van der Waals surface area (Å²) in [6.45, 7) is -0.0390. The number of aromatic nitrogens is 3. The number of imidazole rings is 1.